The Kier molecular flexibility index (Phi) is 4.34. The van der Waals surface area contributed by atoms with Gasteiger partial charge in [-0.1, -0.05) is 29.8 Å². The zero-order valence-corrected chi connectivity index (χ0v) is 15.3. The Balaban J connectivity index is 1.45. The maximum Gasteiger partial charge on any atom is 0.233 e. The molecule has 2 saturated heterocycles. The Morgan fingerprint density at radius 1 is 1.08 bits per heavy atom. The van der Waals surface area contributed by atoms with Crippen molar-refractivity contribution in [2.75, 3.05) is 46.3 Å². The van der Waals surface area contributed by atoms with Crippen LogP contribution in [-0.4, -0.2) is 84.2 Å². The fourth-order valence-corrected chi connectivity index (χ4v) is 4.37. The standard InChI is InChI=1S/C20H29N3O2/c1-15-3-5-16(6-4-15)20(7-8-20)19(25)23-13-17(18(24)14-23)22-11-9-21(2)10-12-22/h3-6,17-18,24H,7-14H2,1-2H3/t17-,18-/m0/s1. The predicted molar refractivity (Wildman–Crippen MR) is 97.5 cm³/mol. The lowest BCUT2D eigenvalue weighted by molar-refractivity contribution is -0.133. The number of carbonyl (C=O) groups excluding carboxylic acids is 1. The Morgan fingerprint density at radius 3 is 2.32 bits per heavy atom. The SMILES string of the molecule is Cc1ccc(C2(C(=O)N3C[C@H](O)[C@@H](N4CCN(C)CC4)C3)CC2)cc1. The number of hydrogen-bond acceptors (Lipinski definition) is 4. The van der Waals surface area contributed by atoms with Gasteiger partial charge in [-0.3, -0.25) is 9.69 Å². The molecule has 1 aromatic rings. The average molecular weight is 343 g/mol. The lowest BCUT2D eigenvalue weighted by atomic mass is 9.93. The van der Waals surface area contributed by atoms with Gasteiger partial charge in [0.1, 0.15) is 0 Å². The van der Waals surface area contributed by atoms with Gasteiger partial charge in [-0.15, -0.1) is 0 Å². The summed E-state index contributed by atoms with van der Waals surface area (Å²) in [5.74, 6) is 0.215. The van der Waals surface area contributed by atoms with Gasteiger partial charge in [0.05, 0.1) is 17.6 Å². The number of hydrogen-bond donors (Lipinski definition) is 1. The van der Waals surface area contributed by atoms with Gasteiger partial charge in [-0.05, 0) is 32.4 Å². The molecule has 1 amide bonds. The number of aryl methyl sites for hydroxylation is 1. The number of nitrogens with zero attached hydrogens (tertiary/aromatic N) is 3. The molecule has 0 radical (unpaired) electrons. The summed E-state index contributed by atoms with van der Waals surface area (Å²) in [5.41, 5.74) is 2.03. The average Bonchev–Trinajstić information content (AvgIpc) is 3.33. The normalized spacial score (nSPS) is 29.8. The summed E-state index contributed by atoms with van der Waals surface area (Å²) in [7, 11) is 2.14. The second-order valence-corrected chi connectivity index (χ2v) is 8.13. The van der Waals surface area contributed by atoms with Gasteiger partial charge in [0, 0.05) is 39.3 Å². The second kappa shape index (κ2) is 6.38. The molecule has 3 fully saturated rings. The maximum absolute atomic E-state index is 13.2. The van der Waals surface area contributed by atoms with E-state index in [-0.39, 0.29) is 17.4 Å². The first-order valence-electron chi connectivity index (χ1n) is 9.47. The number of benzene rings is 1. The van der Waals surface area contributed by atoms with Crippen molar-refractivity contribution >= 4 is 5.91 Å². The van der Waals surface area contributed by atoms with Crippen LogP contribution < -0.4 is 0 Å². The molecule has 2 aliphatic heterocycles. The number of aliphatic hydroxyl groups excluding tert-OH is 1. The maximum atomic E-state index is 13.2. The molecule has 3 aliphatic rings. The number of piperazine rings is 1. The zero-order chi connectivity index (χ0) is 17.6. The highest BCUT2D eigenvalue weighted by molar-refractivity contribution is 5.91. The first-order chi connectivity index (χ1) is 12.0. The summed E-state index contributed by atoms with van der Waals surface area (Å²) in [5, 5.41) is 10.6. The number of likely N-dealkylation sites (tertiary alicyclic amines) is 1. The van der Waals surface area contributed by atoms with Gasteiger partial charge in [0.15, 0.2) is 0 Å². The molecule has 1 N–H and O–H groups in total. The lowest BCUT2D eigenvalue weighted by Gasteiger charge is -2.37. The van der Waals surface area contributed by atoms with Crippen LogP contribution in [0.2, 0.25) is 0 Å². The van der Waals surface area contributed by atoms with E-state index in [4.69, 9.17) is 0 Å². The number of likely N-dealkylation sites (N-methyl/N-ethyl adjacent to an activating group) is 1. The van der Waals surface area contributed by atoms with E-state index >= 15 is 0 Å². The number of β-amino-alcohol motifs (C(OH)–C–C–N with tert-alkyl or cyclic N) is 1. The number of rotatable bonds is 3. The van der Waals surface area contributed by atoms with Crippen molar-refractivity contribution in [3.8, 4) is 0 Å². The molecule has 0 spiro atoms. The van der Waals surface area contributed by atoms with Crippen LogP contribution in [0.25, 0.3) is 0 Å². The van der Waals surface area contributed by atoms with Crippen LogP contribution in [0, 0.1) is 6.92 Å². The molecule has 5 nitrogen and oxygen atoms in total. The number of amides is 1. The van der Waals surface area contributed by atoms with E-state index in [1.165, 1.54) is 5.56 Å². The van der Waals surface area contributed by atoms with Crippen LogP contribution in [0.1, 0.15) is 24.0 Å². The van der Waals surface area contributed by atoms with Crippen LogP contribution in [-0.2, 0) is 10.2 Å². The largest absolute Gasteiger partial charge is 0.390 e. The molecule has 2 atom stereocenters. The van der Waals surface area contributed by atoms with Gasteiger partial charge in [0.2, 0.25) is 5.91 Å². The van der Waals surface area contributed by atoms with Crippen LogP contribution in [0.15, 0.2) is 24.3 Å². The monoisotopic (exact) mass is 343 g/mol. The lowest BCUT2D eigenvalue weighted by Crippen LogP contribution is -2.52. The van der Waals surface area contributed by atoms with Crippen molar-refractivity contribution in [1.29, 1.82) is 0 Å². The highest BCUT2D eigenvalue weighted by atomic mass is 16.3. The quantitative estimate of drug-likeness (QED) is 0.884. The highest BCUT2D eigenvalue weighted by Crippen LogP contribution is 2.50. The van der Waals surface area contributed by atoms with Crippen LogP contribution in [0.3, 0.4) is 0 Å². The molecule has 5 heteroatoms. The third-order valence-corrected chi connectivity index (χ3v) is 6.32. The van der Waals surface area contributed by atoms with E-state index in [1.807, 2.05) is 4.90 Å². The Bertz CT molecular complexity index is 633. The van der Waals surface area contributed by atoms with Crippen molar-refractivity contribution in [3.63, 3.8) is 0 Å². The molecule has 0 bridgehead atoms. The summed E-state index contributed by atoms with van der Waals surface area (Å²) in [4.78, 5) is 19.8. The molecule has 25 heavy (non-hydrogen) atoms. The molecule has 0 unspecified atom stereocenters. The van der Waals surface area contributed by atoms with E-state index < -0.39 is 6.10 Å². The summed E-state index contributed by atoms with van der Waals surface area (Å²) in [6, 6.07) is 8.48. The molecule has 4 rings (SSSR count). The van der Waals surface area contributed by atoms with Crippen molar-refractivity contribution in [1.82, 2.24) is 14.7 Å². The summed E-state index contributed by atoms with van der Waals surface area (Å²) in [6.07, 6.45) is 1.43. The third-order valence-electron chi connectivity index (χ3n) is 6.32. The second-order valence-electron chi connectivity index (χ2n) is 8.13. The van der Waals surface area contributed by atoms with E-state index in [1.54, 1.807) is 0 Å². The minimum atomic E-state index is -0.429. The Labute approximate surface area is 150 Å². The molecule has 1 saturated carbocycles. The van der Waals surface area contributed by atoms with Crippen LogP contribution in [0.4, 0.5) is 0 Å². The van der Waals surface area contributed by atoms with Crippen molar-refractivity contribution in [3.05, 3.63) is 35.4 Å². The van der Waals surface area contributed by atoms with E-state index in [2.05, 4.69) is 48.0 Å². The Morgan fingerprint density at radius 2 is 1.72 bits per heavy atom. The molecule has 1 aliphatic carbocycles. The van der Waals surface area contributed by atoms with Gasteiger partial charge >= 0.3 is 0 Å². The van der Waals surface area contributed by atoms with Crippen LogP contribution >= 0.6 is 0 Å². The minimum absolute atomic E-state index is 0.0893. The van der Waals surface area contributed by atoms with Gasteiger partial charge in [-0.2, -0.15) is 0 Å². The topological polar surface area (TPSA) is 47.0 Å². The minimum Gasteiger partial charge on any atom is -0.390 e. The summed E-state index contributed by atoms with van der Waals surface area (Å²) >= 11 is 0. The summed E-state index contributed by atoms with van der Waals surface area (Å²) in [6.45, 7) is 7.23. The number of aliphatic hydroxyl groups is 1. The third kappa shape index (κ3) is 3.09. The zero-order valence-electron chi connectivity index (χ0n) is 15.3. The van der Waals surface area contributed by atoms with Gasteiger partial charge in [-0.25, -0.2) is 0 Å². The van der Waals surface area contributed by atoms with Crippen molar-refractivity contribution in [2.24, 2.45) is 0 Å². The smallest absolute Gasteiger partial charge is 0.233 e. The fraction of sp³-hybridized carbons (Fsp3) is 0.650. The molecular formula is C20H29N3O2. The highest BCUT2D eigenvalue weighted by Gasteiger charge is 2.54. The predicted octanol–water partition coefficient (Wildman–Crippen LogP) is 0.846. The first kappa shape index (κ1) is 17.0. The van der Waals surface area contributed by atoms with Gasteiger partial charge < -0.3 is 14.9 Å². The van der Waals surface area contributed by atoms with Crippen LogP contribution in [0.5, 0.6) is 0 Å². The summed E-state index contributed by atoms with van der Waals surface area (Å²) < 4.78 is 0. The number of carbonyl (C=O) groups is 1. The molecule has 136 valence electrons. The molecular weight excluding hydrogens is 314 g/mol. The molecule has 2 heterocycles. The molecule has 0 aromatic heterocycles. The van der Waals surface area contributed by atoms with Gasteiger partial charge in [0.25, 0.3) is 0 Å². The Hall–Kier alpha value is -1.43. The fourth-order valence-electron chi connectivity index (χ4n) is 4.37. The first-order valence-corrected chi connectivity index (χ1v) is 9.47. The van der Waals surface area contributed by atoms with Crippen molar-refractivity contribution in [2.45, 2.75) is 37.3 Å². The van der Waals surface area contributed by atoms with E-state index in [0.717, 1.165) is 44.6 Å². The van der Waals surface area contributed by atoms with E-state index in [9.17, 15) is 9.90 Å². The molecule has 1 aromatic carbocycles. The van der Waals surface area contributed by atoms with E-state index in [0.29, 0.717) is 13.1 Å². The van der Waals surface area contributed by atoms with Crippen molar-refractivity contribution < 1.29 is 9.90 Å².